The highest BCUT2D eigenvalue weighted by atomic mass is 16.3. The van der Waals surface area contributed by atoms with Crippen molar-refractivity contribution in [3.8, 4) is 5.88 Å². The minimum absolute atomic E-state index is 0.0805. The molecule has 0 unspecified atom stereocenters. The number of aromatic amines is 1. The van der Waals surface area contributed by atoms with Crippen LogP contribution in [-0.4, -0.2) is 15.8 Å². The van der Waals surface area contributed by atoms with Gasteiger partial charge in [0.15, 0.2) is 5.88 Å². The van der Waals surface area contributed by atoms with E-state index < -0.39 is 0 Å². The highest BCUT2D eigenvalue weighted by molar-refractivity contribution is 6.22. The van der Waals surface area contributed by atoms with Crippen molar-refractivity contribution in [2.75, 3.05) is 5.73 Å². The van der Waals surface area contributed by atoms with Crippen LogP contribution in [-0.2, 0) is 5.41 Å². The molecule has 0 radical (unpaired) electrons. The van der Waals surface area contributed by atoms with Gasteiger partial charge < -0.3 is 15.8 Å². The lowest BCUT2D eigenvalue weighted by Crippen LogP contribution is -2.10. The van der Waals surface area contributed by atoms with Gasteiger partial charge in [-0.2, -0.15) is 0 Å². The van der Waals surface area contributed by atoms with Crippen LogP contribution >= 0.6 is 0 Å². The Balaban J connectivity index is 1.92. The summed E-state index contributed by atoms with van der Waals surface area (Å²) in [6.07, 6.45) is 0. The molecular formula is C25H25N3O. The average Bonchev–Trinajstić information content (AvgIpc) is 3.01. The summed E-state index contributed by atoms with van der Waals surface area (Å²) in [5.41, 5.74) is 11.9. The van der Waals surface area contributed by atoms with E-state index in [2.05, 4.69) is 37.9 Å². The van der Waals surface area contributed by atoms with E-state index in [1.54, 1.807) is 0 Å². The van der Waals surface area contributed by atoms with Gasteiger partial charge in [0.2, 0.25) is 0 Å². The van der Waals surface area contributed by atoms with E-state index in [9.17, 15) is 5.11 Å². The molecule has 0 bridgehead atoms. The second kappa shape index (κ2) is 7.13. The molecule has 3 aromatic carbocycles. The van der Waals surface area contributed by atoms with Gasteiger partial charge in [0.05, 0.1) is 17.0 Å². The van der Waals surface area contributed by atoms with E-state index in [-0.39, 0.29) is 11.3 Å². The topological polar surface area (TPSA) is 74.4 Å². The summed E-state index contributed by atoms with van der Waals surface area (Å²) in [4.78, 5) is 7.97. The van der Waals surface area contributed by atoms with E-state index in [4.69, 9.17) is 10.7 Å². The van der Waals surface area contributed by atoms with Crippen LogP contribution in [0.5, 0.6) is 5.88 Å². The summed E-state index contributed by atoms with van der Waals surface area (Å²) in [6, 6.07) is 23.7. The molecule has 4 nitrogen and oxygen atoms in total. The molecule has 146 valence electrons. The summed E-state index contributed by atoms with van der Waals surface area (Å²) >= 11 is 0. The first-order valence-corrected chi connectivity index (χ1v) is 9.68. The van der Waals surface area contributed by atoms with Crippen LogP contribution in [0, 0.1) is 0 Å². The maximum Gasteiger partial charge on any atom is 0.199 e. The predicted molar refractivity (Wildman–Crippen MR) is 121 cm³/mol. The number of nitrogen functional groups attached to an aromatic ring is 1. The van der Waals surface area contributed by atoms with E-state index >= 15 is 0 Å². The number of aliphatic imine (C=N–C) groups is 1. The van der Waals surface area contributed by atoms with Crippen molar-refractivity contribution in [2.45, 2.75) is 26.2 Å². The normalized spacial score (nSPS) is 12.4. The van der Waals surface area contributed by atoms with Crippen molar-refractivity contribution in [2.24, 2.45) is 4.99 Å². The van der Waals surface area contributed by atoms with Crippen molar-refractivity contribution >= 4 is 28.0 Å². The summed E-state index contributed by atoms with van der Waals surface area (Å²) in [6.45, 7) is 6.57. The SMILES string of the molecule is CC(C)(C)c1ccc(N=C(c2ccccc2)c2c(O)[nH]c3ccc(N)cc23)cc1. The van der Waals surface area contributed by atoms with Crippen LogP contribution in [0.15, 0.2) is 77.8 Å². The lowest BCUT2D eigenvalue weighted by Gasteiger charge is -2.18. The van der Waals surface area contributed by atoms with Crippen LogP contribution in [0.1, 0.15) is 37.5 Å². The Morgan fingerprint density at radius 3 is 2.28 bits per heavy atom. The third-order valence-electron chi connectivity index (χ3n) is 5.06. The van der Waals surface area contributed by atoms with Gasteiger partial charge in [-0.05, 0) is 41.3 Å². The number of H-pyrrole nitrogens is 1. The summed E-state index contributed by atoms with van der Waals surface area (Å²) < 4.78 is 0. The fraction of sp³-hybridized carbons (Fsp3) is 0.160. The molecule has 4 aromatic rings. The van der Waals surface area contributed by atoms with Gasteiger partial charge in [-0.15, -0.1) is 0 Å². The maximum atomic E-state index is 10.7. The zero-order valence-electron chi connectivity index (χ0n) is 16.9. The van der Waals surface area contributed by atoms with Gasteiger partial charge in [0, 0.05) is 22.2 Å². The predicted octanol–water partition coefficient (Wildman–Crippen LogP) is 5.92. The highest BCUT2D eigenvalue weighted by Gasteiger charge is 2.19. The van der Waals surface area contributed by atoms with E-state index in [0.717, 1.165) is 22.2 Å². The number of aromatic nitrogens is 1. The molecule has 4 N–H and O–H groups in total. The lowest BCUT2D eigenvalue weighted by molar-refractivity contribution is 0.457. The zero-order chi connectivity index (χ0) is 20.6. The van der Waals surface area contributed by atoms with Crippen molar-refractivity contribution in [1.82, 2.24) is 4.98 Å². The monoisotopic (exact) mass is 383 g/mol. The molecule has 4 rings (SSSR count). The molecule has 0 fully saturated rings. The van der Waals surface area contributed by atoms with E-state index in [0.29, 0.717) is 17.0 Å². The fourth-order valence-electron chi connectivity index (χ4n) is 3.46. The number of hydrogen-bond acceptors (Lipinski definition) is 3. The van der Waals surface area contributed by atoms with Crippen molar-refractivity contribution in [3.63, 3.8) is 0 Å². The standard InChI is InChI=1S/C25H25N3O/c1-25(2,3)17-9-12-19(13-10-17)27-23(16-7-5-4-6-8-16)22-20-15-18(26)11-14-21(20)28-24(22)29/h4-15,28-29H,26H2,1-3H3. The van der Waals surface area contributed by atoms with Crippen LogP contribution < -0.4 is 5.73 Å². The molecule has 0 aliphatic heterocycles. The van der Waals surface area contributed by atoms with Crippen LogP contribution in [0.4, 0.5) is 11.4 Å². The highest BCUT2D eigenvalue weighted by Crippen LogP contribution is 2.33. The molecule has 0 aliphatic carbocycles. The molecule has 0 atom stereocenters. The molecule has 0 amide bonds. The van der Waals surface area contributed by atoms with Gasteiger partial charge in [0.1, 0.15) is 0 Å². The number of nitrogens with one attached hydrogen (secondary N) is 1. The van der Waals surface area contributed by atoms with Gasteiger partial charge >= 0.3 is 0 Å². The number of fused-ring (bicyclic) bond motifs is 1. The first-order chi connectivity index (χ1) is 13.8. The largest absolute Gasteiger partial charge is 0.494 e. The summed E-state index contributed by atoms with van der Waals surface area (Å²) in [5.74, 6) is 0.0829. The molecular weight excluding hydrogens is 358 g/mol. The number of rotatable bonds is 3. The summed E-state index contributed by atoms with van der Waals surface area (Å²) in [7, 11) is 0. The number of anilines is 1. The van der Waals surface area contributed by atoms with Crippen LogP contribution in [0.2, 0.25) is 0 Å². The molecule has 0 spiro atoms. The summed E-state index contributed by atoms with van der Waals surface area (Å²) in [5, 5.41) is 11.6. The van der Waals surface area contributed by atoms with Gasteiger partial charge in [-0.1, -0.05) is 63.2 Å². The minimum atomic E-state index is 0.0805. The Bertz CT molecular complexity index is 1180. The number of nitrogens with zero attached hydrogens (tertiary/aromatic N) is 1. The first kappa shape index (κ1) is 18.8. The second-order valence-corrected chi connectivity index (χ2v) is 8.28. The molecule has 29 heavy (non-hydrogen) atoms. The first-order valence-electron chi connectivity index (χ1n) is 9.68. The quantitative estimate of drug-likeness (QED) is 0.303. The van der Waals surface area contributed by atoms with Crippen molar-refractivity contribution < 1.29 is 5.11 Å². The third kappa shape index (κ3) is 3.74. The Hall–Kier alpha value is -3.53. The third-order valence-corrected chi connectivity index (χ3v) is 5.06. The minimum Gasteiger partial charge on any atom is -0.494 e. The van der Waals surface area contributed by atoms with Gasteiger partial charge in [-0.3, -0.25) is 0 Å². The Morgan fingerprint density at radius 2 is 1.62 bits per heavy atom. The average molecular weight is 383 g/mol. The number of hydrogen-bond donors (Lipinski definition) is 3. The van der Waals surface area contributed by atoms with Crippen molar-refractivity contribution in [1.29, 1.82) is 0 Å². The van der Waals surface area contributed by atoms with Crippen LogP contribution in [0.25, 0.3) is 10.9 Å². The van der Waals surface area contributed by atoms with Crippen molar-refractivity contribution in [3.05, 3.63) is 89.5 Å². The van der Waals surface area contributed by atoms with Gasteiger partial charge in [-0.25, -0.2) is 4.99 Å². The van der Waals surface area contributed by atoms with Gasteiger partial charge in [0.25, 0.3) is 0 Å². The Kier molecular flexibility index (Phi) is 4.63. The molecule has 4 heteroatoms. The fourth-order valence-corrected chi connectivity index (χ4v) is 3.46. The zero-order valence-corrected chi connectivity index (χ0v) is 16.9. The maximum absolute atomic E-state index is 10.7. The Morgan fingerprint density at radius 1 is 0.931 bits per heavy atom. The lowest BCUT2D eigenvalue weighted by atomic mass is 9.87. The van der Waals surface area contributed by atoms with Crippen LogP contribution in [0.3, 0.4) is 0 Å². The Labute approximate surface area is 170 Å². The van der Waals surface area contributed by atoms with E-state index in [1.165, 1.54) is 5.56 Å². The molecule has 1 aromatic heterocycles. The number of aromatic hydroxyl groups is 1. The molecule has 1 heterocycles. The molecule has 0 aliphatic rings. The number of nitrogens with two attached hydrogens (primary N) is 1. The van der Waals surface area contributed by atoms with E-state index in [1.807, 2.05) is 60.7 Å². The molecule has 0 saturated heterocycles. The number of benzene rings is 3. The smallest absolute Gasteiger partial charge is 0.199 e. The second-order valence-electron chi connectivity index (χ2n) is 8.28. The molecule has 0 saturated carbocycles.